The average molecular weight is 311 g/mol. The first-order valence-electron chi connectivity index (χ1n) is 5.59. The van der Waals surface area contributed by atoms with Crippen molar-refractivity contribution in [2.75, 3.05) is 19.8 Å². The maximum absolute atomic E-state index is 5.36. The van der Waals surface area contributed by atoms with Crippen LogP contribution in [0.25, 0.3) is 11.6 Å². The molecule has 3 rings (SSSR count). The van der Waals surface area contributed by atoms with E-state index in [0.29, 0.717) is 24.0 Å². The lowest BCUT2D eigenvalue weighted by atomic mass is 10.2. The van der Waals surface area contributed by atoms with Gasteiger partial charge in [-0.3, -0.25) is 0 Å². The largest absolute Gasteiger partial charge is 0.378 e. The monoisotopic (exact) mass is 310 g/mol. The lowest BCUT2D eigenvalue weighted by Crippen LogP contribution is -2.35. The van der Waals surface area contributed by atoms with E-state index in [0.717, 1.165) is 17.6 Å². The molecule has 18 heavy (non-hydrogen) atoms. The Kier molecular flexibility index (Phi) is 3.35. The predicted octanol–water partition coefficient (Wildman–Crippen LogP) is 1.55. The van der Waals surface area contributed by atoms with Gasteiger partial charge in [-0.2, -0.15) is 4.98 Å². The molecule has 6 nitrogen and oxygen atoms in total. The maximum atomic E-state index is 5.36. The molecular weight excluding hydrogens is 300 g/mol. The van der Waals surface area contributed by atoms with Crippen molar-refractivity contribution in [3.8, 4) is 11.6 Å². The molecule has 0 aromatic carbocycles. The fourth-order valence-corrected chi connectivity index (χ4v) is 1.95. The number of aromatic nitrogens is 3. The van der Waals surface area contributed by atoms with Gasteiger partial charge in [0.1, 0.15) is 5.69 Å². The van der Waals surface area contributed by atoms with Crippen LogP contribution >= 0.6 is 15.9 Å². The summed E-state index contributed by atoms with van der Waals surface area (Å²) in [4.78, 5) is 8.55. The highest BCUT2D eigenvalue weighted by molar-refractivity contribution is 9.10. The van der Waals surface area contributed by atoms with E-state index in [9.17, 15) is 0 Å². The van der Waals surface area contributed by atoms with Crippen LogP contribution < -0.4 is 5.32 Å². The Labute approximate surface area is 112 Å². The summed E-state index contributed by atoms with van der Waals surface area (Å²) in [5.74, 6) is 1.03. The van der Waals surface area contributed by atoms with Gasteiger partial charge in [-0.15, -0.1) is 0 Å². The van der Waals surface area contributed by atoms with E-state index in [1.54, 1.807) is 6.20 Å². The van der Waals surface area contributed by atoms with Crippen molar-refractivity contribution >= 4 is 15.9 Å². The number of pyridine rings is 1. The minimum absolute atomic E-state index is 0.00769. The Bertz CT molecular complexity index is 522. The Morgan fingerprint density at radius 3 is 3.06 bits per heavy atom. The van der Waals surface area contributed by atoms with Gasteiger partial charge in [-0.1, -0.05) is 5.16 Å². The third-order valence-corrected chi connectivity index (χ3v) is 3.09. The molecule has 1 saturated heterocycles. The highest BCUT2D eigenvalue weighted by atomic mass is 79.9. The first kappa shape index (κ1) is 11.8. The molecule has 7 heteroatoms. The van der Waals surface area contributed by atoms with Crippen LogP contribution in [-0.2, 0) is 4.74 Å². The molecule has 0 amide bonds. The molecule has 2 aromatic rings. The lowest BCUT2D eigenvalue weighted by Gasteiger charge is -2.20. The van der Waals surface area contributed by atoms with Crippen molar-refractivity contribution < 1.29 is 9.26 Å². The Hall–Kier alpha value is -1.31. The second-order valence-corrected chi connectivity index (χ2v) is 4.82. The van der Waals surface area contributed by atoms with Crippen LogP contribution in [0.5, 0.6) is 0 Å². The molecule has 1 atom stereocenters. The van der Waals surface area contributed by atoms with Crippen LogP contribution in [0.15, 0.2) is 27.3 Å². The zero-order valence-corrected chi connectivity index (χ0v) is 11.1. The van der Waals surface area contributed by atoms with Crippen LogP contribution in [-0.4, -0.2) is 34.9 Å². The van der Waals surface area contributed by atoms with Gasteiger partial charge in [0.25, 0.3) is 5.89 Å². The molecule has 1 aliphatic rings. The van der Waals surface area contributed by atoms with Gasteiger partial charge in [-0.25, -0.2) is 4.98 Å². The van der Waals surface area contributed by atoms with Crippen LogP contribution in [0, 0.1) is 0 Å². The minimum atomic E-state index is -0.00769. The van der Waals surface area contributed by atoms with E-state index >= 15 is 0 Å². The normalized spacial score (nSPS) is 19.9. The molecule has 1 unspecified atom stereocenters. The van der Waals surface area contributed by atoms with E-state index < -0.39 is 0 Å². The van der Waals surface area contributed by atoms with Gasteiger partial charge in [-0.05, 0) is 28.1 Å². The van der Waals surface area contributed by atoms with Crippen LogP contribution in [0.1, 0.15) is 11.9 Å². The minimum Gasteiger partial charge on any atom is -0.378 e. The fourth-order valence-electron chi connectivity index (χ4n) is 1.71. The van der Waals surface area contributed by atoms with Crippen LogP contribution in [0.3, 0.4) is 0 Å². The number of hydrogen-bond donors (Lipinski definition) is 1. The number of morpholine rings is 1. The highest BCUT2D eigenvalue weighted by Gasteiger charge is 2.21. The third kappa shape index (κ3) is 2.43. The molecule has 1 fully saturated rings. The molecule has 0 radical (unpaired) electrons. The molecule has 2 aromatic heterocycles. The Morgan fingerprint density at radius 2 is 2.33 bits per heavy atom. The molecular formula is C11H11BrN4O2. The van der Waals surface area contributed by atoms with E-state index in [4.69, 9.17) is 9.26 Å². The number of hydrogen-bond acceptors (Lipinski definition) is 6. The first-order valence-corrected chi connectivity index (χ1v) is 6.39. The summed E-state index contributed by atoms with van der Waals surface area (Å²) >= 11 is 3.33. The van der Waals surface area contributed by atoms with Crippen molar-refractivity contribution in [1.29, 1.82) is 0 Å². The summed E-state index contributed by atoms with van der Waals surface area (Å²) in [7, 11) is 0. The van der Waals surface area contributed by atoms with Crippen molar-refractivity contribution in [3.05, 3.63) is 28.6 Å². The van der Waals surface area contributed by atoms with Crippen LogP contribution in [0.2, 0.25) is 0 Å². The van der Waals surface area contributed by atoms with Crippen LogP contribution in [0.4, 0.5) is 0 Å². The van der Waals surface area contributed by atoms with E-state index in [1.165, 1.54) is 0 Å². The van der Waals surface area contributed by atoms with Gasteiger partial charge in [0, 0.05) is 17.2 Å². The topological polar surface area (TPSA) is 73.1 Å². The second-order valence-electron chi connectivity index (χ2n) is 3.90. The van der Waals surface area contributed by atoms with E-state index in [2.05, 4.69) is 36.4 Å². The summed E-state index contributed by atoms with van der Waals surface area (Å²) in [6.45, 7) is 2.08. The molecule has 1 N–H and O–H groups in total. The summed E-state index contributed by atoms with van der Waals surface area (Å²) < 4.78 is 11.5. The first-order chi connectivity index (χ1) is 8.83. The predicted molar refractivity (Wildman–Crippen MR) is 66.8 cm³/mol. The van der Waals surface area contributed by atoms with Gasteiger partial charge >= 0.3 is 0 Å². The third-order valence-electron chi connectivity index (χ3n) is 2.62. The van der Waals surface area contributed by atoms with Crippen molar-refractivity contribution in [3.63, 3.8) is 0 Å². The molecule has 3 heterocycles. The summed E-state index contributed by atoms with van der Waals surface area (Å²) in [6.07, 6.45) is 1.70. The standard InChI is InChI=1S/C11H11BrN4O2/c12-7-1-2-8(14-5-7)11-15-10(16-18-11)9-6-17-4-3-13-9/h1-2,5,9,13H,3-4,6H2. The van der Waals surface area contributed by atoms with Gasteiger partial charge < -0.3 is 14.6 Å². The molecule has 1 aliphatic heterocycles. The summed E-state index contributed by atoms with van der Waals surface area (Å²) in [5.41, 5.74) is 0.661. The van der Waals surface area contributed by atoms with Crippen molar-refractivity contribution in [2.45, 2.75) is 6.04 Å². The maximum Gasteiger partial charge on any atom is 0.276 e. The summed E-state index contributed by atoms with van der Waals surface area (Å²) in [6, 6.07) is 3.70. The van der Waals surface area contributed by atoms with Gasteiger partial charge in [0.2, 0.25) is 0 Å². The zero-order chi connectivity index (χ0) is 12.4. The van der Waals surface area contributed by atoms with Gasteiger partial charge in [0.05, 0.1) is 19.3 Å². The molecule has 0 aliphatic carbocycles. The quantitative estimate of drug-likeness (QED) is 0.907. The fraction of sp³-hybridized carbons (Fsp3) is 0.364. The van der Waals surface area contributed by atoms with E-state index in [1.807, 2.05) is 12.1 Å². The Balaban J connectivity index is 1.82. The van der Waals surface area contributed by atoms with E-state index in [-0.39, 0.29) is 6.04 Å². The smallest absolute Gasteiger partial charge is 0.276 e. The van der Waals surface area contributed by atoms with Crippen molar-refractivity contribution in [2.24, 2.45) is 0 Å². The number of nitrogens with one attached hydrogen (secondary N) is 1. The summed E-state index contributed by atoms with van der Waals surface area (Å²) in [5, 5.41) is 7.23. The van der Waals surface area contributed by atoms with Crippen molar-refractivity contribution in [1.82, 2.24) is 20.4 Å². The molecule has 0 saturated carbocycles. The highest BCUT2D eigenvalue weighted by Crippen LogP contribution is 2.19. The average Bonchev–Trinajstić information content (AvgIpc) is 2.90. The number of nitrogens with zero attached hydrogens (tertiary/aromatic N) is 3. The number of ether oxygens (including phenoxy) is 1. The Morgan fingerprint density at radius 1 is 1.39 bits per heavy atom. The second kappa shape index (κ2) is 5.13. The zero-order valence-electron chi connectivity index (χ0n) is 9.47. The SMILES string of the molecule is Brc1ccc(-c2nc(C3COCCN3)no2)nc1. The molecule has 0 bridgehead atoms. The number of halogens is 1. The van der Waals surface area contributed by atoms with Gasteiger partial charge in [0.15, 0.2) is 5.82 Å². The number of rotatable bonds is 2. The molecule has 94 valence electrons. The lowest BCUT2D eigenvalue weighted by molar-refractivity contribution is 0.0734. The molecule has 0 spiro atoms.